The van der Waals surface area contributed by atoms with E-state index in [4.69, 9.17) is 0 Å². The van der Waals surface area contributed by atoms with Crippen LogP contribution in [0.1, 0.15) is 98.3 Å². The van der Waals surface area contributed by atoms with E-state index < -0.39 is 0 Å². The largest absolute Gasteiger partial charge is 0.0885 e. The highest BCUT2D eigenvalue weighted by atomic mass is 14.1. The van der Waals surface area contributed by atoms with E-state index in [0.29, 0.717) is 5.41 Å². The van der Waals surface area contributed by atoms with Crippen molar-refractivity contribution in [1.29, 1.82) is 0 Å². The normalized spacial score (nSPS) is 12.4. The maximum Gasteiger partial charge on any atom is -0.0351 e. The van der Waals surface area contributed by atoms with E-state index in [9.17, 15) is 0 Å². The van der Waals surface area contributed by atoms with Crippen molar-refractivity contribution in [1.82, 2.24) is 0 Å². The average molecular weight is 252 g/mol. The molecule has 0 radical (unpaired) electrons. The molecule has 108 valence electrons. The molecule has 0 nitrogen and oxygen atoms in total. The maximum absolute atomic E-state index is 2.40. The van der Waals surface area contributed by atoms with Gasteiger partial charge >= 0.3 is 0 Å². The van der Waals surface area contributed by atoms with Gasteiger partial charge in [-0.25, -0.2) is 0 Å². The molecule has 0 unspecified atom stereocenters. The number of unbranched alkanes of at least 4 members (excludes halogenated alkanes) is 8. The summed E-state index contributed by atoms with van der Waals surface area (Å²) in [6.07, 6.45) is 20.0. The van der Waals surface area contributed by atoms with E-state index in [1.807, 2.05) is 0 Å². The van der Waals surface area contributed by atoms with Crippen LogP contribution in [0.25, 0.3) is 0 Å². The van der Waals surface area contributed by atoms with Crippen molar-refractivity contribution >= 4 is 0 Å². The summed E-state index contributed by atoms with van der Waals surface area (Å²) in [6.45, 7) is 9.27. The standard InChI is InChI=1S/C18H36/c1-5-6-7-8-9-10-11-12-13-14-15-16-17-18(2,3)4/h13-14H,5-12,15-17H2,1-4H3/b14-13+. The molecule has 18 heavy (non-hydrogen) atoms. The molecular formula is C18H36. The third kappa shape index (κ3) is 15.7. The summed E-state index contributed by atoms with van der Waals surface area (Å²) < 4.78 is 0. The van der Waals surface area contributed by atoms with E-state index in [-0.39, 0.29) is 0 Å². The highest BCUT2D eigenvalue weighted by molar-refractivity contribution is 4.81. The van der Waals surface area contributed by atoms with Crippen molar-refractivity contribution in [3.8, 4) is 0 Å². The van der Waals surface area contributed by atoms with Gasteiger partial charge in [0.05, 0.1) is 0 Å². The summed E-state index contributed by atoms with van der Waals surface area (Å²) in [5.41, 5.74) is 0.506. The molecule has 0 aromatic carbocycles. The van der Waals surface area contributed by atoms with Gasteiger partial charge in [-0.15, -0.1) is 0 Å². The summed E-state index contributed by atoms with van der Waals surface area (Å²) in [7, 11) is 0. The summed E-state index contributed by atoms with van der Waals surface area (Å²) in [4.78, 5) is 0. The number of hydrogen-bond acceptors (Lipinski definition) is 0. The Balaban J connectivity index is 3.14. The summed E-state index contributed by atoms with van der Waals surface area (Å²) in [6, 6.07) is 0. The van der Waals surface area contributed by atoms with Crippen LogP contribution in [-0.4, -0.2) is 0 Å². The van der Waals surface area contributed by atoms with Crippen LogP contribution in [0.3, 0.4) is 0 Å². The Morgan fingerprint density at radius 2 is 1.17 bits per heavy atom. The third-order valence-corrected chi connectivity index (χ3v) is 3.44. The molecule has 0 aliphatic carbocycles. The van der Waals surface area contributed by atoms with Gasteiger partial charge < -0.3 is 0 Å². The van der Waals surface area contributed by atoms with Gasteiger partial charge in [0.15, 0.2) is 0 Å². The smallest absolute Gasteiger partial charge is 0.0351 e. The Morgan fingerprint density at radius 3 is 1.72 bits per heavy atom. The van der Waals surface area contributed by atoms with Gasteiger partial charge in [0, 0.05) is 0 Å². The van der Waals surface area contributed by atoms with Crippen LogP contribution in [-0.2, 0) is 0 Å². The van der Waals surface area contributed by atoms with Crippen molar-refractivity contribution in [3.63, 3.8) is 0 Å². The minimum atomic E-state index is 0.506. The fourth-order valence-corrected chi connectivity index (χ4v) is 2.21. The van der Waals surface area contributed by atoms with Gasteiger partial charge in [0.2, 0.25) is 0 Å². The fraction of sp³-hybridized carbons (Fsp3) is 0.889. The van der Waals surface area contributed by atoms with Crippen molar-refractivity contribution < 1.29 is 0 Å². The van der Waals surface area contributed by atoms with Crippen molar-refractivity contribution in [2.75, 3.05) is 0 Å². The lowest BCUT2D eigenvalue weighted by Gasteiger charge is -2.16. The quantitative estimate of drug-likeness (QED) is 0.277. The van der Waals surface area contributed by atoms with E-state index in [2.05, 4.69) is 39.8 Å². The highest BCUT2D eigenvalue weighted by Gasteiger charge is 2.07. The van der Waals surface area contributed by atoms with Crippen molar-refractivity contribution in [2.45, 2.75) is 98.3 Å². The van der Waals surface area contributed by atoms with Crippen LogP contribution in [0.4, 0.5) is 0 Å². The minimum absolute atomic E-state index is 0.506. The molecule has 0 fully saturated rings. The molecule has 0 aromatic heterocycles. The average Bonchev–Trinajstić information content (AvgIpc) is 2.29. The van der Waals surface area contributed by atoms with Gasteiger partial charge in [0.1, 0.15) is 0 Å². The van der Waals surface area contributed by atoms with Gasteiger partial charge in [-0.1, -0.05) is 78.4 Å². The lowest BCUT2D eigenvalue weighted by molar-refractivity contribution is 0.367. The van der Waals surface area contributed by atoms with Crippen LogP contribution in [0.5, 0.6) is 0 Å². The molecule has 0 spiro atoms. The van der Waals surface area contributed by atoms with E-state index >= 15 is 0 Å². The Morgan fingerprint density at radius 1 is 0.667 bits per heavy atom. The Kier molecular flexibility index (Phi) is 11.6. The summed E-state index contributed by atoms with van der Waals surface area (Å²) in [5, 5.41) is 0. The van der Waals surface area contributed by atoms with Crippen LogP contribution in [0.2, 0.25) is 0 Å². The molecule has 0 N–H and O–H groups in total. The Labute approximate surface area is 116 Å². The first-order valence-corrected chi connectivity index (χ1v) is 8.21. The molecule has 0 rings (SSSR count). The second-order valence-corrected chi connectivity index (χ2v) is 6.83. The first kappa shape index (κ1) is 17.7. The van der Waals surface area contributed by atoms with Crippen LogP contribution in [0, 0.1) is 5.41 Å². The molecule has 0 aliphatic heterocycles. The SMILES string of the molecule is CCCCCCCCC/C=C/CCCC(C)(C)C. The van der Waals surface area contributed by atoms with Gasteiger partial charge in [0.25, 0.3) is 0 Å². The minimum Gasteiger partial charge on any atom is -0.0885 e. The van der Waals surface area contributed by atoms with Crippen LogP contribution >= 0.6 is 0 Å². The van der Waals surface area contributed by atoms with Crippen LogP contribution in [0.15, 0.2) is 12.2 Å². The van der Waals surface area contributed by atoms with Crippen molar-refractivity contribution in [3.05, 3.63) is 12.2 Å². The zero-order valence-electron chi connectivity index (χ0n) is 13.4. The Bertz CT molecular complexity index is 183. The number of allylic oxidation sites excluding steroid dienone is 2. The third-order valence-electron chi connectivity index (χ3n) is 3.44. The molecule has 0 amide bonds. The fourth-order valence-electron chi connectivity index (χ4n) is 2.21. The molecule has 0 bridgehead atoms. The topological polar surface area (TPSA) is 0 Å². The first-order valence-electron chi connectivity index (χ1n) is 8.21. The lowest BCUT2D eigenvalue weighted by atomic mass is 9.90. The highest BCUT2D eigenvalue weighted by Crippen LogP contribution is 2.21. The molecular weight excluding hydrogens is 216 g/mol. The monoisotopic (exact) mass is 252 g/mol. The molecule has 0 saturated carbocycles. The number of rotatable bonds is 11. The predicted octanol–water partition coefficient (Wildman–Crippen LogP) is 6.90. The molecule has 0 aliphatic rings. The summed E-state index contributed by atoms with van der Waals surface area (Å²) in [5.74, 6) is 0. The van der Waals surface area contributed by atoms with Gasteiger partial charge in [-0.2, -0.15) is 0 Å². The lowest BCUT2D eigenvalue weighted by Crippen LogP contribution is -2.03. The van der Waals surface area contributed by atoms with E-state index in [1.165, 1.54) is 70.6 Å². The first-order chi connectivity index (χ1) is 8.56. The van der Waals surface area contributed by atoms with E-state index in [0.717, 1.165) is 0 Å². The molecule has 0 heterocycles. The molecule has 0 saturated heterocycles. The zero-order valence-corrected chi connectivity index (χ0v) is 13.4. The van der Waals surface area contributed by atoms with Gasteiger partial charge in [-0.05, 0) is 37.5 Å². The molecule has 0 aromatic rings. The van der Waals surface area contributed by atoms with E-state index in [1.54, 1.807) is 0 Å². The van der Waals surface area contributed by atoms with Crippen LogP contribution < -0.4 is 0 Å². The predicted molar refractivity (Wildman–Crippen MR) is 85.1 cm³/mol. The number of hydrogen-bond donors (Lipinski definition) is 0. The zero-order chi connectivity index (χ0) is 13.7. The summed E-state index contributed by atoms with van der Waals surface area (Å²) >= 11 is 0. The maximum atomic E-state index is 2.40. The molecule has 0 atom stereocenters. The second-order valence-electron chi connectivity index (χ2n) is 6.83. The van der Waals surface area contributed by atoms with Gasteiger partial charge in [-0.3, -0.25) is 0 Å². The van der Waals surface area contributed by atoms with Crippen molar-refractivity contribution in [2.24, 2.45) is 5.41 Å². The Hall–Kier alpha value is -0.260. The second kappa shape index (κ2) is 11.8. The molecule has 0 heteroatoms.